The number of hydrogen-bond donors (Lipinski definition) is 1. The molecule has 0 saturated carbocycles. The Balaban J connectivity index is 2.34. The molecule has 7 heteroatoms. The minimum Gasteiger partial charge on any atom is -0.345 e. The SMILES string of the molecule is Cc1ccc(NS(=O)(=O)c2cccc(C(=O)N(C)C)c2)cc1F. The molecule has 0 aliphatic heterocycles. The van der Waals surface area contributed by atoms with Gasteiger partial charge in [0.25, 0.3) is 15.9 Å². The van der Waals surface area contributed by atoms with Crippen LogP contribution in [0.4, 0.5) is 10.1 Å². The van der Waals surface area contributed by atoms with Crippen molar-refractivity contribution >= 4 is 21.6 Å². The first kappa shape index (κ1) is 17.0. The van der Waals surface area contributed by atoms with Gasteiger partial charge in [0, 0.05) is 19.7 Å². The van der Waals surface area contributed by atoms with E-state index in [2.05, 4.69) is 4.72 Å². The molecule has 2 rings (SSSR count). The first-order valence-corrected chi connectivity index (χ1v) is 8.30. The summed E-state index contributed by atoms with van der Waals surface area (Å²) in [4.78, 5) is 13.2. The first-order valence-electron chi connectivity index (χ1n) is 6.81. The maximum atomic E-state index is 13.5. The summed E-state index contributed by atoms with van der Waals surface area (Å²) in [6.07, 6.45) is 0. The highest BCUT2D eigenvalue weighted by Gasteiger charge is 2.17. The van der Waals surface area contributed by atoms with Gasteiger partial charge in [-0.2, -0.15) is 0 Å². The lowest BCUT2D eigenvalue weighted by molar-refractivity contribution is 0.0827. The average molecular weight is 336 g/mol. The van der Waals surface area contributed by atoms with Crippen LogP contribution < -0.4 is 4.72 Å². The standard InChI is InChI=1S/C16H17FN2O3S/c1-11-7-8-13(10-15(11)17)18-23(21,22)14-6-4-5-12(9-14)16(20)19(2)3/h4-10,18H,1-3H3. The number of benzene rings is 2. The summed E-state index contributed by atoms with van der Waals surface area (Å²) in [6, 6.07) is 9.76. The van der Waals surface area contributed by atoms with Crippen LogP contribution in [-0.4, -0.2) is 33.3 Å². The predicted octanol–water partition coefficient (Wildman–Crippen LogP) is 2.64. The molecule has 0 fully saturated rings. The van der Waals surface area contributed by atoms with Crippen LogP contribution in [0.2, 0.25) is 0 Å². The number of carbonyl (C=O) groups excluding carboxylic acids is 1. The number of hydrogen-bond acceptors (Lipinski definition) is 3. The second-order valence-corrected chi connectivity index (χ2v) is 6.98. The third-order valence-electron chi connectivity index (χ3n) is 3.22. The Morgan fingerprint density at radius 1 is 1.13 bits per heavy atom. The van der Waals surface area contributed by atoms with E-state index in [4.69, 9.17) is 0 Å². The van der Waals surface area contributed by atoms with Gasteiger partial charge in [0.1, 0.15) is 5.82 Å². The zero-order chi connectivity index (χ0) is 17.2. The van der Waals surface area contributed by atoms with E-state index in [1.165, 1.54) is 41.3 Å². The highest BCUT2D eigenvalue weighted by atomic mass is 32.2. The zero-order valence-corrected chi connectivity index (χ0v) is 13.8. The Kier molecular flexibility index (Phi) is 4.70. The number of nitrogens with one attached hydrogen (secondary N) is 1. The van der Waals surface area contributed by atoms with Gasteiger partial charge >= 0.3 is 0 Å². The van der Waals surface area contributed by atoms with Gasteiger partial charge < -0.3 is 4.90 Å². The number of carbonyl (C=O) groups is 1. The molecule has 23 heavy (non-hydrogen) atoms. The van der Waals surface area contributed by atoms with Crippen molar-refractivity contribution in [2.24, 2.45) is 0 Å². The summed E-state index contributed by atoms with van der Waals surface area (Å²) in [5.41, 5.74) is 0.803. The number of nitrogens with zero attached hydrogens (tertiary/aromatic N) is 1. The topological polar surface area (TPSA) is 66.5 Å². The van der Waals surface area contributed by atoms with Gasteiger partial charge in [-0.15, -0.1) is 0 Å². The van der Waals surface area contributed by atoms with E-state index < -0.39 is 15.8 Å². The van der Waals surface area contributed by atoms with E-state index in [0.717, 1.165) is 6.07 Å². The molecule has 122 valence electrons. The van der Waals surface area contributed by atoms with Crippen molar-refractivity contribution in [1.29, 1.82) is 0 Å². The molecule has 0 unspecified atom stereocenters. The summed E-state index contributed by atoms with van der Waals surface area (Å²) in [6.45, 7) is 1.59. The van der Waals surface area contributed by atoms with E-state index >= 15 is 0 Å². The maximum absolute atomic E-state index is 13.5. The molecule has 0 aliphatic carbocycles. The normalized spacial score (nSPS) is 11.1. The minimum atomic E-state index is -3.91. The van der Waals surface area contributed by atoms with E-state index in [9.17, 15) is 17.6 Å². The average Bonchev–Trinajstić information content (AvgIpc) is 2.50. The van der Waals surface area contributed by atoms with Crippen molar-refractivity contribution in [2.45, 2.75) is 11.8 Å². The molecule has 2 aromatic rings. The molecule has 5 nitrogen and oxygen atoms in total. The largest absolute Gasteiger partial charge is 0.345 e. The van der Waals surface area contributed by atoms with Crippen molar-refractivity contribution < 1.29 is 17.6 Å². The lowest BCUT2D eigenvalue weighted by Gasteiger charge is -2.12. The summed E-state index contributed by atoms with van der Waals surface area (Å²) in [5.74, 6) is -0.801. The molecular formula is C16H17FN2O3S. The fourth-order valence-corrected chi connectivity index (χ4v) is 3.02. The van der Waals surface area contributed by atoms with Crippen molar-refractivity contribution in [2.75, 3.05) is 18.8 Å². The van der Waals surface area contributed by atoms with Crippen LogP contribution in [0.1, 0.15) is 15.9 Å². The monoisotopic (exact) mass is 336 g/mol. The molecule has 0 heterocycles. The fourth-order valence-electron chi connectivity index (χ4n) is 1.92. The summed E-state index contributed by atoms with van der Waals surface area (Å²) in [7, 11) is -0.752. The van der Waals surface area contributed by atoms with E-state index in [0.29, 0.717) is 5.56 Å². The lowest BCUT2D eigenvalue weighted by Crippen LogP contribution is -2.22. The van der Waals surface area contributed by atoms with Crippen molar-refractivity contribution in [1.82, 2.24) is 4.90 Å². The predicted molar refractivity (Wildman–Crippen MR) is 86.4 cm³/mol. The number of halogens is 1. The minimum absolute atomic E-state index is 0.0637. The Morgan fingerprint density at radius 3 is 2.43 bits per heavy atom. The van der Waals surface area contributed by atoms with Gasteiger partial charge in [-0.25, -0.2) is 12.8 Å². The molecule has 0 bridgehead atoms. The lowest BCUT2D eigenvalue weighted by atomic mass is 10.2. The molecule has 0 atom stereocenters. The van der Waals surface area contributed by atoms with Crippen LogP contribution in [0.15, 0.2) is 47.4 Å². The maximum Gasteiger partial charge on any atom is 0.261 e. The van der Waals surface area contributed by atoms with E-state index in [1.54, 1.807) is 21.0 Å². The highest BCUT2D eigenvalue weighted by molar-refractivity contribution is 7.92. The smallest absolute Gasteiger partial charge is 0.261 e. The van der Waals surface area contributed by atoms with E-state index in [1.807, 2.05) is 0 Å². The zero-order valence-electron chi connectivity index (χ0n) is 13.0. The van der Waals surface area contributed by atoms with Crippen molar-refractivity contribution in [3.05, 3.63) is 59.4 Å². The van der Waals surface area contributed by atoms with Crippen LogP contribution in [-0.2, 0) is 10.0 Å². The highest BCUT2D eigenvalue weighted by Crippen LogP contribution is 2.19. The summed E-state index contributed by atoms with van der Waals surface area (Å²) in [5, 5.41) is 0. The molecular weight excluding hydrogens is 319 g/mol. The first-order chi connectivity index (χ1) is 10.7. The Labute approximate surface area is 134 Å². The van der Waals surface area contributed by atoms with Gasteiger partial charge in [0.05, 0.1) is 10.6 Å². The second kappa shape index (κ2) is 6.37. The van der Waals surface area contributed by atoms with Crippen LogP contribution in [0.5, 0.6) is 0 Å². The Bertz CT molecular complexity index is 848. The van der Waals surface area contributed by atoms with Crippen LogP contribution in [0.25, 0.3) is 0 Å². The number of aryl methyl sites for hydroxylation is 1. The van der Waals surface area contributed by atoms with Crippen molar-refractivity contribution in [3.8, 4) is 0 Å². The number of sulfonamides is 1. The Hall–Kier alpha value is -2.41. The van der Waals surface area contributed by atoms with E-state index in [-0.39, 0.29) is 22.1 Å². The van der Waals surface area contributed by atoms with Gasteiger partial charge in [-0.1, -0.05) is 12.1 Å². The molecule has 0 aromatic heterocycles. The van der Waals surface area contributed by atoms with Gasteiger partial charge in [0.2, 0.25) is 0 Å². The van der Waals surface area contributed by atoms with Gasteiger partial charge in [-0.3, -0.25) is 9.52 Å². The molecule has 0 saturated heterocycles. The molecule has 1 N–H and O–H groups in total. The van der Waals surface area contributed by atoms with Crippen LogP contribution in [0.3, 0.4) is 0 Å². The number of rotatable bonds is 4. The fraction of sp³-hybridized carbons (Fsp3) is 0.188. The third-order valence-corrected chi connectivity index (χ3v) is 4.60. The van der Waals surface area contributed by atoms with Gasteiger partial charge in [-0.05, 0) is 42.8 Å². The van der Waals surface area contributed by atoms with Gasteiger partial charge in [0.15, 0.2) is 0 Å². The van der Waals surface area contributed by atoms with Crippen LogP contribution >= 0.6 is 0 Å². The number of amides is 1. The summed E-state index contributed by atoms with van der Waals surface area (Å²) < 4.78 is 40.6. The number of anilines is 1. The van der Waals surface area contributed by atoms with Crippen molar-refractivity contribution in [3.63, 3.8) is 0 Å². The Morgan fingerprint density at radius 2 is 1.83 bits per heavy atom. The quantitative estimate of drug-likeness (QED) is 0.933. The second-order valence-electron chi connectivity index (χ2n) is 5.30. The molecule has 0 aliphatic rings. The molecule has 0 radical (unpaired) electrons. The third kappa shape index (κ3) is 3.87. The summed E-state index contributed by atoms with van der Waals surface area (Å²) >= 11 is 0. The molecule has 1 amide bonds. The molecule has 2 aromatic carbocycles. The molecule has 0 spiro atoms. The van der Waals surface area contributed by atoms with Crippen LogP contribution in [0, 0.1) is 12.7 Å².